The first-order valence-corrected chi connectivity index (χ1v) is 7.14. The number of nitrogens with one attached hydrogen (secondary N) is 1. The van der Waals surface area contributed by atoms with Crippen molar-refractivity contribution in [3.05, 3.63) is 30.3 Å². The van der Waals surface area contributed by atoms with Crippen molar-refractivity contribution in [1.82, 2.24) is 9.80 Å². The lowest BCUT2D eigenvalue weighted by Crippen LogP contribution is -2.51. The topological polar surface area (TPSA) is 44.8 Å². The fourth-order valence-corrected chi connectivity index (χ4v) is 2.33. The summed E-state index contributed by atoms with van der Waals surface area (Å²) in [7, 11) is 0. The number of benzene rings is 1. The zero-order valence-corrected chi connectivity index (χ0v) is 12.4. The molecular weight excluding hydrogens is 274 g/mol. The number of para-hydroxylation sites is 1. The van der Waals surface area contributed by atoms with Crippen molar-refractivity contribution >= 4 is 29.1 Å². The largest absolute Gasteiger partial charge is 0.450 e. The van der Waals surface area contributed by atoms with Gasteiger partial charge in [-0.2, -0.15) is 0 Å². The number of carbonyl (C=O) groups is 1. The first-order valence-electron chi connectivity index (χ1n) is 6.73. The van der Waals surface area contributed by atoms with Crippen LogP contribution in [0.15, 0.2) is 30.3 Å². The number of thiocarbonyl (C=S) groups is 1. The van der Waals surface area contributed by atoms with E-state index >= 15 is 0 Å². The van der Waals surface area contributed by atoms with E-state index in [-0.39, 0.29) is 6.09 Å². The highest BCUT2D eigenvalue weighted by atomic mass is 32.1. The second kappa shape index (κ2) is 7.09. The Morgan fingerprint density at radius 3 is 2.40 bits per heavy atom. The van der Waals surface area contributed by atoms with E-state index in [0.29, 0.717) is 24.8 Å². The van der Waals surface area contributed by atoms with Gasteiger partial charge in [-0.25, -0.2) is 4.79 Å². The zero-order chi connectivity index (χ0) is 14.4. The van der Waals surface area contributed by atoms with Gasteiger partial charge in [-0.3, -0.25) is 0 Å². The number of anilines is 1. The molecule has 1 amide bonds. The van der Waals surface area contributed by atoms with Crippen LogP contribution >= 0.6 is 12.2 Å². The third kappa shape index (κ3) is 3.84. The SMILES string of the molecule is CCOC(=O)N1CCN(C(=S)Nc2ccccc2)CC1. The molecular formula is C14H19N3O2S. The summed E-state index contributed by atoms with van der Waals surface area (Å²) in [5.41, 5.74) is 0.977. The van der Waals surface area contributed by atoms with Crippen LogP contribution in [0.5, 0.6) is 0 Å². The fourth-order valence-electron chi connectivity index (χ4n) is 2.03. The molecule has 5 nitrogen and oxygen atoms in total. The Balaban J connectivity index is 1.81. The monoisotopic (exact) mass is 293 g/mol. The number of carbonyl (C=O) groups excluding carboxylic acids is 1. The van der Waals surface area contributed by atoms with Crippen LogP contribution < -0.4 is 5.32 Å². The Morgan fingerprint density at radius 1 is 1.20 bits per heavy atom. The smallest absolute Gasteiger partial charge is 0.409 e. The van der Waals surface area contributed by atoms with Crippen molar-refractivity contribution in [3.63, 3.8) is 0 Å². The van der Waals surface area contributed by atoms with Crippen molar-refractivity contribution in [2.45, 2.75) is 6.92 Å². The van der Waals surface area contributed by atoms with Gasteiger partial charge in [0.05, 0.1) is 6.61 Å². The number of piperazine rings is 1. The summed E-state index contributed by atoms with van der Waals surface area (Å²) in [5.74, 6) is 0. The predicted molar refractivity (Wildman–Crippen MR) is 82.8 cm³/mol. The van der Waals surface area contributed by atoms with Crippen LogP contribution in [-0.2, 0) is 4.74 Å². The molecule has 0 unspecified atom stereocenters. The Bertz CT molecular complexity index is 459. The van der Waals surface area contributed by atoms with Gasteiger partial charge in [-0.15, -0.1) is 0 Å². The summed E-state index contributed by atoms with van der Waals surface area (Å²) >= 11 is 5.39. The summed E-state index contributed by atoms with van der Waals surface area (Å²) in [6.07, 6.45) is -0.242. The standard InChI is InChI=1S/C14H19N3O2S/c1-2-19-14(18)17-10-8-16(9-11-17)13(20)15-12-6-4-3-5-7-12/h3-7H,2,8-11H2,1H3,(H,15,20). The molecule has 0 aromatic heterocycles. The van der Waals surface area contributed by atoms with Crippen LogP contribution in [0.25, 0.3) is 0 Å². The molecule has 20 heavy (non-hydrogen) atoms. The van der Waals surface area contributed by atoms with Crippen LogP contribution in [0, 0.1) is 0 Å². The molecule has 6 heteroatoms. The lowest BCUT2D eigenvalue weighted by Gasteiger charge is -2.35. The average molecular weight is 293 g/mol. The molecule has 1 N–H and O–H groups in total. The van der Waals surface area contributed by atoms with E-state index in [0.717, 1.165) is 18.8 Å². The van der Waals surface area contributed by atoms with Gasteiger partial charge in [0.2, 0.25) is 0 Å². The molecule has 1 aromatic carbocycles. The Hall–Kier alpha value is -1.82. The van der Waals surface area contributed by atoms with Gasteiger partial charge >= 0.3 is 6.09 Å². The van der Waals surface area contributed by atoms with Gasteiger partial charge in [0.25, 0.3) is 0 Å². The van der Waals surface area contributed by atoms with E-state index in [1.165, 1.54) is 0 Å². The van der Waals surface area contributed by atoms with Crippen LogP contribution in [-0.4, -0.2) is 53.8 Å². The maximum Gasteiger partial charge on any atom is 0.409 e. The summed E-state index contributed by atoms with van der Waals surface area (Å²) in [4.78, 5) is 15.4. The Labute approximate surface area is 124 Å². The molecule has 0 aliphatic carbocycles. The maximum absolute atomic E-state index is 11.6. The molecule has 0 atom stereocenters. The maximum atomic E-state index is 11.6. The summed E-state index contributed by atoms with van der Waals surface area (Å²) in [5, 5.41) is 3.90. The first kappa shape index (κ1) is 14.6. The van der Waals surface area contributed by atoms with E-state index in [1.54, 1.807) is 4.90 Å². The minimum absolute atomic E-state index is 0.242. The van der Waals surface area contributed by atoms with E-state index in [9.17, 15) is 4.79 Å². The van der Waals surface area contributed by atoms with Crippen molar-refractivity contribution in [1.29, 1.82) is 0 Å². The molecule has 0 saturated carbocycles. The molecule has 0 radical (unpaired) electrons. The van der Waals surface area contributed by atoms with Gasteiger partial charge in [-0.1, -0.05) is 18.2 Å². The van der Waals surface area contributed by atoms with E-state index in [2.05, 4.69) is 10.2 Å². The van der Waals surface area contributed by atoms with Crippen molar-refractivity contribution in [3.8, 4) is 0 Å². The van der Waals surface area contributed by atoms with Crippen LogP contribution in [0.3, 0.4) is 0 Å². The molecule has 108 valence electrons. The quantitative estimate of drug-likeness (QED) is 0.847. The number of amides is 1. The fraction of sp³-hybridized carbons (Fsp3) is 0.429. The molecule has 0 bridgehead atoms. The van der Waals surface area contributed by atoms with Gasteiger partial charge in [0.15, 0.2) is 5.11 Å². The van der Waals surface area contributed by atoms with Crippen molar-refractivity contribution in [2.24, 2.45) is 0 Å². The molecule has 1 aliphatic heterocycles. The number of hydrogen-bond acceptors (Lipinski definition) is 3. The predicted octanol–water partition coefficient (Wildman–Crippen LogP) is 2.16. The van der Waals surface area contributed by atoms with Crippen molar-refractivity contribution in [2.75, 3.05) is 38.1 Å². The summed E-state index contributed by atoms with van der Waals surface area (Å²) < 4.78 is 4.99. The second-order valence-electron chi connectivity index (χ2n) is 4.47. The number of rotatable bonds is 2. The van der Waals surface area contributed by atoms with E-state index in [1.807, 2.05) is 37.3 Å². The van der Waals surface area contributed by atoms with Gasteiger partial charge in [0.1, 0.15) is 0 Å². The normalized spacial score (nSPS) is 14.8. The highest BCUT2D eigenvalue weighted by molar-refractivity contribution is 7.80. The highest BCUT2D eigenvalue weighted by Gasteiger charge is 2.23. The van der Waals surface area contributed by atoms with Crippen LogP contribution in [0.1, 0.15) is 6.92 Å². The number of hydrogen-bond donors (Lipinski definition) is 1. The summed E-state index contributed by atoms with van der Waals surface area (Å²) in [6.45, 7) is 4.93. The van der Waals surface area contributed by atoms with Gasteiger partial charge < -0.3 is 19.9 Å². The highest BCUT2D eigenvalue weighted by Crippen LogP contribution is 2.09. The van der Waals surface area contributed by atoms with Crippen LogP contribution in [0.2, 0.25) is 0 Å². The minimum Gasteiger partial charge on any atom is -0.450 e. The minimum atomic E-state index is -0.242. The third-order valence-electron chi connectivity index (χ3n) is 3.12. The molecule has 0 spiro atoms. The Morgan fingerprint density at radius 2 is 1.80 bits per heavy atom. The number of ether oxygens (including phenoxy) is 1. The van der Waals surface area contributed by atoms with E-state index < -0.39 is 0 Å². The average Bonchev–Trinajstić information content (AvgIpc) is 2.48. The zero-order valence-electron chi connectivity index (χ0n) is 11.5. The lowest BCUT2D eigenvalue weighted by atomic mass is 10.3. The Kier molecular flexibility index (Phi) is 5.17. The third-order valence-corrected chi connectivity index (χ3v) is 3.48. The molecule has 1 heterocycles. The number of nitrogens with zero attached hydrogens (tertiary/aromatic N) is 2. The van der Waals surface area contributed by atoms with Gasteiger partial charge in [-0.05, 0) is 31.3 Å². The molecule has 1 aromatic rings. The van der Waals surface area contributed by atoms with Gasteiger partial charge in [0, 0.05) is 31.9 Å². The van der Waals surface area contributed by atoms with Crippen LogP contribution in [0.4, 0.5) is 10.5 Å². The molecule has 1 aliphatic rings. The van der Waals surface area contributed by atoms with E-state index in [4.69, 9.17) is 17.0 Å². The first-order chi connectivity index (χ1) is 9.70. The summed E-state index contributed by atoms with van der Waals surface area (Å²) in [6, 6.07) is 9.84. The molecule has 2 rings (SSSR count). The molecule has 1 fully saturated rings. The lowest BCUT2D eigenvalue weighted by molar-refractivity contribution is 0.0923. The second-order valence-corrected chi connectivity index (χ2v) is 4.86. The molecule has 1 saturated heterocycles. The van der Waals surface area contributed by atoms with Crippen molar-refractivity contribution < 1.29 is 9.53 Å².